The van der Waals surface area contributed by atoms with Crippen molar-refractivity contribution in [3.63, 3.8) is 0 Å². The van der Waals surface area contributed by atoms with Gasteiger partial charge in [-0.15, -0.1) is 0 Å². The number of hydrogen-bond acceptors (Lipinski definition) is 2. The van der Waals surface area contributed by atoms with Gasteiger partial charge >= 0.3 is 118 Å². The van der Waals surface area contributed by atoms with Gasteiger partial charge in [0.2, 0.25) is 0 Å². The summed E-state index contributed by atoms with van der Waals surface area (Å²) in [4.78, 5) is 16.0. The maximum atomic E-state index is 4.62. The molecule has 2 aliphatic heterocycles. The first-order valence-corrected chi connectivity index (χ1v) is 7.85. The molecule has 8 bridgehead atoms. The first-order valence-electron chi connectivity index (χ1n) is 7.85. The second-order valence-corrected chi connectivity index (χ2v) is 5.91. The van der Waals surface area contributed by atoms with Crippen molar-refractivity contribution >= 4 is 46.4 Å². The molecule has 2 N–H and O–H groups in total. The Hall–Kier alpha value is 0.600. The van der Waals surface area contributed by atoms with Crippen LogP contribution < -0.4 is 118 Å². The fourth-order valence-electron chi connectivity index (χ4n) is 2.94. The number of fused-ring (bicyclic) bond motifs is 8. The summed E-state index contributed by atoms with van der Waals surface area (Å²) in [5.74, 6) is 0. The summed E-state index contributed by atoms with van der Waals surface area (Å²) in [7, 11) is 0. The van der Waals surface area contributed by atoms with Gasteiger partial charge in [0.05, 0.1) is 22.8 Å². The van der Waals surface area contributed by atoms with Crippen molar-refractivity contribution in [2.45, 2.75) is 0 Å². The van der Waals surface area contributed by atoms with E-state index in [1.165, 1.54) is 0 Å². The van der Waals surface area contributed by atoms with Gasteiger partial charge in [0, 0.05) is 22.1 Å². The second kappa shape index (κ2) is 11.8. The number of aromatic amines is 2. The summed E-state index contributed by atoms with van der Waals surface area (Å²) in [6, 6.07) is 16.4. The zero-order chi connectivity index (χ0) is 15.9. The number of hydrogen-bond donors (Lipinski definition) is 2. The van der Waals surface area contributed by atoms with E-state index in [1.807, 2.05) is 42.5 Å². The first-order chi connectivity index (χ1) is 11.8. The molecule has 0 amide bonds. The third-order valence-electron chi connectivity index (χ3n) is 4.04. The molecule has 5 heterocycles. The topological polar surface area (TPSA) is 57.4 Å². The number of nitrogens with zero attached hydrogens (tertiary/aromatic N) is 2. The van der Waals surface area contributed by atoms with E-state index in [9.17, 15) is 0 Å². The first kappa shape index (κ1) is 26.6. The molecule has 0 unspecified atom stereocenters. The van der Waals surface area contributed by atoms with Crippen molar-refractivity contribution in [1.29, 1.82) is 0 Å². The van der Waals surface area contributed by atoms with E-state index in [4.69, 9.17) is 0 Å². The summed E-state index contributed by atoms with van der Waals surface area (Å²) in [5, 5.41) is 0. The molecule has 0 aliphatic carbocycles. The Morgan fingerprint density at radius 1 is 0.464 bits per heavy atom. The minimum atomic E-state index is 0. The molecular weight excluding hydrogens is 388 g/mol. The van der Waals surface area contributed by atoms with Crippen LogP contribution in [0.1, 0.15) is 28.5 Å². The van der Waals surface area contributed by atoms with Crippen LogP contribution in [0.5, 0.6) is 0 Å². The van der Waals surface area contributed by atoms with Crippen molar-refractivity contribution in [2.24, 2.45) is 0 Å². The van der Waals surface area contributed by atoms with Gasteiger partial charge in [-0.25, -0.2) is 9.97 Å². The van der Waals surface area contributed by atoms with Gasteiger partial charge in [-0.1, -0.05) is 0 Å². The monoisotopic (exact) mass is 406 g/mol. The summed E-state index contributed by atoms with van der Waals surface area (Å²) >= 11 is 0. The Bertz CT molecular complexity index is 1100. The van der Waals surface area contributed by atoms with Crippen molar-refractivity contribution in [2.75, 3.05) is 0 Å². The summed E-state index contributed by atoms with van der Waals surface area (Å²) in [5.41, 5.74) is 7.86. The number of aromatic nitrogens is 4. The SMILES string of the molecule is C1=Cc2cc3ccc(cc4ccc(cc5nc(cc1n2)C=C5)[nH]4)[nH]3.[H-].[H-].[H-].[H-].[Na+].[Na+].[Na+].[Na+]. The average molecular weight is 406 g/mol. The maximum Gasteiger partial charge on any atom is 1.00 e. The Morgan fingerprint density at radius 3 is 1.18 bits per heavy atom. The smallest absolute Gasteiger partial charge is 1.00 e. The van der Waals surface area contributed by atoms with Crippen LogP contribution in [0.25, 0.3) is 46.4 Å². The predicted octanol–water partition coefficient (Wildman–Crippen LogP) is -6.88. The van der Waals surface area contributed by atoms with Crippen molar-refractivity contribution in [1.82, 2.24) is 19.9 Å². The van der Waals surface area contributed by atoms with Crippen molar-refractivity contribution in [3.8, 4) is 0 Å². The number of nitrogens with one attached hydrogen (secondary N) is 2. The molecule has 4 nitrogen and oxygen atoms in total. The van der Waals surface area contributed by atoms with Crippen LogP contribution in [0.3, 0.4) is 0 Å². The molecule has 3 aromatic heterocycles. The average Bonchev–Trinajstić information content (AvgIpc) is 3.32. The van der Waals surface area contributed by atoms with Gasteiger partial charge in [0.1, 0.15) is 0 Å². The minimum Gasteiger partial charge on any atom is -1.00 e. The standard InChI is InChI=1S/C20H14N4.4Na.4H/c1-2-14-10-16-5-6-18(23-16)12-20-8-7-19(24-20)11-17-4-3-15(22-17)9-13(1)21-14;;;;;;;;/h1-12,21-22H;;;;;;;;/q;4*+1;4*-1. The van der Waals surface area contributed by atoms with Crippen molar-refractivity contribution in [3.05, 3.63) is 71.3 Å². The van der Waals surface area contributed by atoms with Crippen LogP contribution in [-0.2, 0) is 0 Å². The zero-order valence-corrected chi connectivity index (χ0v) is 24.8. The number of rotatable bonds is 0. The molecule has 0 radical (unpaired) electrons. The number of H-pyrrole nitrogens is 2. The van der Waals surface area contributed by atoms with Crippen LogP contribution in [0.4, 0.5) is 0 Å². The van der Waals surface area contributed by atoms with Gasteiger partial charge in [0.15, 0.2) is 0 Å². The van der Waals surface area contributed by atoms with Crippen LogP contribution in [0.15, 0.2) is 48.5 Å². The van der Waals surface area contributed by atoms with Crippen molar-refractivity contribution < 1.29 is 124 Å². The van der Waals surface area contributed by atoms with Gasteiger partial charge in [-0.3, -0.25) is 0 Å². The Labute approximate surface area is 257 Å². The minimum absolute atomic E-state index is 0. The van der Waals surface area contributed by atoms with Gasteiger partial charge in [-0.05, 0) is 72.8 Å². The molecule has 0 fully saturated rings. The van der Waals surface area contributed by atoms with E-state index in [2.05, 4.69) is 50.3 Å². The van der Waals surface area contributed by atoms with Crippen LogP contribution in [0.2, 0.25) is 0 Å². The molecule has 8 heteroatoms. The van der Waals surface area contributed by atoms with E-state index in [0.29, 0.717) is 0 Å². The molecule has 0 saturated heterocycles. The van der Waals surface area contributed by atoms with Crippen LogP contribution >= 0.6 is 0 Å². The second-order valence-electron chi connectivity index (χ2n) is 5.91. The van der Waals surface area contributed by atoms with E-state index >= 15 is 0 Å². The molecule has 0 saturated carbocycles. The molecule has 122 valence electrons. The molecular formula is C20H18N4Na4. The van der Waals surface area contributed by atoms with Gasteiger partial charge < -0.3 is 15.7 Å². The molecule has 0 atom stereocenters. The predicted molar refractivity (Wildman–Crippen MR) is 103 cm³/mol. The third-order valence-corrected chi connectivity index (χ3v) is 4.04. The van der Waals surface area contributed by atoms with E-state index < -0.39 is 0 Å². The molecule has 0 spiro atoms. The summed E-state index contributed by atoms with van der Waals surface area (Å²) < 4.78 is 0. The molecule has 28 heavy (non-hydrogen) atoms. The summed E-state index contributed by atoms with van der Waals surface area (Å²) in [6.07, 6.45) is 8.05. The maximum absolute atomic E-state index is 4.62. The Morgan fingerprint density at radius 2 is 0.786 bits per heavy atom. The fraction of sp³-hybridized carbons (Fsp3) is 0. The molecule has 0 aromatic carbocycles. The van der Waals surface area contributed by atoms with E-state index in [-0.39, 0.29) is 124 Å². The van der Waals surface area contributed by atoms with Crippen LogP contribution in [0, 0.1) is 0 Å². The van der Waals surface area contributed by atoms with E-state index in [0.717, 1.165) is 44.8 Å². The normalized spacial score (nSPS) is 10.9. The van der Waals surface area contributed by atoms with Gasteiger partial charge in [-0.2, -0.15) is 0 Å². The van der Waals surface area contributed by atoms with Gasteiger partial charge in [0.25, 0.3) is 0 Å². The largest absolute Gasteiger partial charge is 1.00 e. The Balaban J connectivity index is -0.000000490. The quantitative estimate of drug-likeness (QED) is 0.251. The van der Waals surface area contributed by atoms with E-state index in [1.54, 1.807) is 0 Å². The molecule has 2 aliphatic rings. The van der Waals surface area contributed by atoms with Crippen LogP contribution in [-0.4, -0.2) is 19.9 Å². The zero-order valence-electron chi connectivity index (χ0n) is 20.8. The third kappa shape index (κ3) is 6.30. The summed E-state index contributed by atoms with van der Waals surface area (Å²) in [6.45, 7) is 0. The fourth-order valence-corrected chi connectivity index (χ4v) is 2.94. The molecule has 5 rings (SSSR count). The Kier molecular flexibility index (Phi) is 11.3. The molecule has 3 aromatic rings.